The van der Waals surface area contributed by atoms with Crippen LogP contribution in [0.1, 0.15) is 16.2 Å². The quantitative estimate of drug-likeness (QED) is 0.280. The normalized spacial score (nSPS) is 10.6. The molecule has 0 unspecified atom stereocenters. The van der Waals surface area contributed by atoms with Crippen LogP contribution in [0.15, 0.2) is 64.7 Å². The van der Waals surface area contributed by atoms with Crippen LogP contribution in [0.4, 0.5) is 5.69 Å². The molecule has 0 saturated carbocycles. The van der Waals surface area contributed by atoms with Crippen molar-refractivity contribution in [1.29, 1.82) is 0 Å². The molecule has 0 atom stereocenters. The molecule has 166 valence electrons. The highest BCUT2D eigenvalue weighted by atomic mass is 79.9. The molecule has 2 aromatic carbocycles. The van der Waals surface area contributed by atoms with Gasteiger partial charge in [-0.3, -0.25) is 9.59 Å². The molecule has 3 rings (SSSR count). The third kappa shape index (κ3) is 6.35. The molecule has 0 aliphatic carbocycles. The summed E-state index contributed by atoms with van der Waals surface area (Å²) in [5.41, 5.74) is 1.07. The standard InChI is InChI=1S/C21H18BrCl2N5O2S/c1-2-9-29-18(11-25-20(31)14-5-3-4-6-15(14)22)27-28-21(29)32-12-19(30)26-13-7-8-16(23)17(24)10-13/h2-8,10H,1,9,11-12H2,(H,25,31)(H,26,30). The van der Waals surface area contributed by atoms with E-state index in [-0.39, 0.29) is 24.1 Å². The molecule has 1 heterocycles. The van der Waals surface area contributed by atoms with E-state index in [1.807, 2.05) is 6.07 Å². The van der Waals surface area contributed by atoms with Gasteiger partial charge in [0.05, 0.1) is 27.9 Å². The lowest BCUT2D eigenvalue weighted by Gasteiger charge is -2.10. The van der Waals surface area contributed by atoms with Crippen molar-refractivity contribution in [3.8, 4) is 0 Å². The van der Waals surface area contributed by atoms with Gasteiger partial charge < -0.3 is 15.2 Å². The van der Waals surface area contributed by atoms with E-state index in [0.29, 0.717) is 43.3 Å². The van der Waals surface area contributed by atoms with Gasteiger partial charge in [0.25, 0.3) is 5.91 Å². The van der Waals surface area contributed by atoms with Crippen molar-refractivity contribution in [2.24, 2.45) is 0 Å². The van der Waals surface area contributed by atoms with Gasteiger partial charge in [0.1, 0.15) is 0 Å². The maximum Gasteiger partial charge on any atom is 0.252 e. The number of hydrogen-bond acceptors (Lipinski definition) is 5. The van der Waals surface area contributed by atoms with Gasteiger partial charge in [0, 0.05) is 16.7 Å². The average Bonchev–Trinajstić information content (AvgIpc) is 3.15. The second-order valence-corrected chi connectivity index (χ2v) is 9.04. The van der Waals surface area contributed by atoms with E-state index in [1.165, 1.54) is 11.8 Å². The Balaban J connectivity index is 1.61. The first kappa shape index (κ1) is 24.3. The zero-order valence-corrected chi connectivity index (χ0v) is 20.6. The van der Waals surface area contributed by atoms with Gasteiger partial charge in [-0.2, -0.15) is 0 Å². The Labute approximate surface area is 207 Å². The number of carbonyl (C=O) groups is 2. The molecule has 32 heavy (non-hydrogen) atoms. The fraction of sp³-hybridized carbons (Fsp3) is 0.143. The summed E-state index contributed by atoms with van der Waals surface area (Å²) >= 11 is 16.5. The first-order chi connectivity index (χ1) is 15.4. The number of nitrogens with one attached hydrogen (secondary N) is 2. The SMILES string of the molecule is C=CCn1c(CNC(=O)c2ccccc2Br)nnc1SCC(=O)Nc1ccc(Cl)c(Cl)c1. The zero-order valence-electron chi connectivity index (χ0n) is 16.6. The second-order valence-electron chi connectivity index (χ2n) is 6.43. The van der Waals surface area contributed by atoms with Gasteiger partial charge in [-0.15, -0.1) is 16.8 Å². The lowest BCUT2D eigenvalue weighted by Crippen LogP contribution is -2.25. The summed E-state index contributed by atoms with van der Waals surface area (Å²) in [6.07, 6.45) is 1.70. The van der Waals surface area contributed by atoms with Crippen LogP contribution in [-0.4, -0.2) is 32.3 Å². The minimum absolute atomic E-state index is 0.110. The van der Waals surface area contributed by atoms with Gasteiger partial charge >= 0.3 is 0 Å². The summed E-state index contributed by atoms with van der Waals surface area (Å²) in [5.74, 6) is 0.197. The number of amides is 2. The van der Waals surface area contributed by atoms with E-state index in [1.54, 1.807) is 47.0 Å². The summed E-state index contributed by atoms with van der Waals surface area (Å²) in [6.45, 7) is 4.37. The molecule has 11 heteroatoms. The topological polar surface area (TPSA) is 88.9 Å². The number of nitrogens with zero attached hydrogens (tertiary/aromatic N) is 3. The van der Waals surface area contributed by atoms with Crippen molar-refractivity contribution in [3.63, 3.8) is 0 Å². The zero-order chi connectivity index (χ0) is 23.1. The Morgan fingerprint density at radius 3 is 2.66 bits per heavy atom. The van der Waals surface area contributed by atoms with Crippen molar-refractivity contribution < 1.29 is 9.59 Å². The predicted octanol–water partition coefficient (Wildman–Crippen LogP) is 5.19. The van der Waals surface area contributed by atoms with Gasteiger partial charge in [-0.25, -0.2) is 0 Å². The number of thioether (sulfide) groups is 1. The Morgan fingerprint density at radius 2 is 1.94 bits per heavy atom. The first-order valence-electron chi connectivity index (χ1n) is 9.32. The van der Waals surface area contributed by atoms with Gasteiger partial charge in [-0.1, -0.05) is 53.2 Å². The maximum absolute atomic E-state index is 12.5. The Morgan fingerprint density at radius 1 is 1.16 bits per heavy atom. The number of allylic oxidation sites excluding steroid dienone is 1. The molecular weight excluding hydrogens is 537 g/mol. The molecule has 0 spiro atoms. The molecule has 1 aromatic heterocycles. The molecule has 2 amide bonds. The molecule has 0 aliphatic heterocycles. The van der Waals surface area contributed by atoms with E-state index in [0.717, 1.165) is 0 Å². The number of halogens is 3. The first-order valence-corrected chi connectivity index (χ1v) is 11.9. The van der Waals surface area contributed by atoms with Gasteiger partial charge in [-0.05, 0) is 46.3 Å². The third-order valence-corrected chi connectivity index (χ3v) is 6.56. The third-order valence-electron chi connectivity index (χ3n) is 4.17. The summed E-state index contributed by atoms with van der Waals surface area (Å²) < 4.78 is 2.50. The highest BCUT2D eigenvalue weighted by Gasteiger charge is 2.16. The highest BCUT2D eigenvalue weighted by molar-refractivity contribution is 9.10. The fourth-order valence-corrected chi connectivity index (χ4v) is 4.20. The van der Waals surface area contributed by atoms with Gasteiger partial charge in [0.15, 0.2) is 11.0 Å². The van der Waals surface area contributed by atoms with Gasteiger partial charge in [0.2, 0.25) is 5.91 Å². The van der Waals surface area contributed by atoms with Crippen LogP contribution in [0.5, 0.6) is 0 Å². The number of benzene rings is 2. The number of aromatic nitrogens is 3. The summed E-state index contributed by atoms with van der Waals surface area (Å²) in [5, 5.41) is 15.2. The minimum Gasteiger partial charge on any atom is -0.345 e. The largest absolute Gasteiger partial charge is 0.345 e. The lowest BCUT2D eigenvalue weighted by molar-refractivity contribution is -0.113. The van der Waals surface area contributed by atoms with E-state index in [2.05, 4.69) is 43.3 Å². The smallest absolute Gasteiger partial charge is 0.252 e. The van der Waals surface area contributed by atoms with Crippen LogP contribution in [0.2, 0.25) is 10.0 Å². The van der Waals surface area contributed by atoms with Crippen LogP contribution in [0, 0.1) is 0 Å². The summed E-state index contributed by atoms with van der Waals surface area (Å²) in [6, 6.07) is 12.0. The van der Waals surface area contributed by atoms with Crippen molar-refractivity contribution in [3.05, 3.63) is 81.0 Å². The minimum atomic E-state index is -0.235. The molecular formula is C21H18BrCl2N5O2S. The molecule has 0 aliphatic rings. The molecule has 0 bridgehead atoms. The number of hydrogen-bond donors (Lipinski definition) is 2. The number of anilines is 1. The maximum atomic E-state index is 12.5. The van der Waals surface area contributed by atoms with E-state index in [4.69, 9.17) is 23.2 Å². The fourth-order valence-electron chi connectivity index (χ4n) is 2.67. The summed E-state index contributed by atoms with van der Waals surface area (Å²) in [7, 11) is 0. The Kier molecular flexibility index (Phi) is 8.75. The van der Waals surface area contributed by atoms with Crippen molar-refractivity contribution in [1.82, 2.24) is 20.1 Å². The number of rotatable bonds is 9. The second kappa shape index (κ2) is 11.5. The van der Waals surface area contributed by atoms with Crippen molar-refractivity contribution in [2.45, 2.75) is 18.2 Å². The monoisotopic (exact) mass is 553 g/mol. The molecule has 2 N–H and O–H groups in total. The average molecular weight is 555 g/mol. The number of carbonyl (C=O) groups excluding carboxylic acids is 2. The Bertz CT molecular complexity index is 1150. The van der Waals surface area contributed by atoms with E-state index < -0.39 is 0 Å². The molecule has 0 saturated heterocycles. The van der Waals surface area contributed by atoms with E-state index >= 15 is 0 Å². The highest BCUT2D eigenvalue weighted by Crippen LogP contribution is 2.25. The van der Waals surface area contributed by atoms with Crippen LogP contribution in [0.25, 0.3) is 0 Å². The molecule has 7 nitrogen and oxygen atoms in total. The Hall–Kier alpha value is -2.33. The van der Waals surface area contributed by atoms with Crippen LogP contribution in [-0.2, 0) is 17.9 Å². The van der Waals surface area contributed by atoms with Crippen LogP contribution in [0.3, 0.4) is 0 Å². The van der Waals surface area contributed by atoms with Crippen molar-refractivity contribution in [2.75, 3.05) is 11.1 Å². The van der Waals surface area contributed by atoms with E-state index in [9.17, 15) is 9.59 Å². The predicted molar refractivity (Wildman–Crippen MR) is 131 cm³/mol. The lowest BCUT2D eigenvalue weighted by atomic mass is 10.2. The summed E-state index contributed by atoms with van der Waals surface area (Å²) in [4.78, 5) is 24.8. The van der Waals surface area contributed by atoms with Crippen LogP contribution < -0.4 is 10.6 Å². The molecule has 3 aromatic rings. The van der Waals surface area contributed by atoms with Crippen LogP contribution >= 0.6 is 50.9 Å². The van der Waals surface area contributed by atoms with Crippen molar-refractivity contribution >= 4 is 68.4 Å². The molecule has 0 radical (unpaired) electrons. The molecule has 0 fully saturated rings.